The smallest absolute Gasteiger partial charge is 0.261 e. The van der Waals surface area contributed by atoms with E-state index in [0.717, 1.165) is 46.7 Å². The summed E-state index contributed by atoms with van der Waals surface area (Å²) in [6.07, 6.45) is 0.913. The summed E-state index contributed by atoms with van der Waals surface area (Å²) in [5.41, 5.74) is 11.3. The quantitative estimate of drug-likeness (QED) is 0.477. The lowest BCUT2D eigenvalue weighted by Crippen LogP contribution is -2.27. The molecule has 0 saturated carbocycles. The van der Waals surface area contributed by atoms with Gasteiger partial charge in [-0.2, -0.15) is 0 Å². The van der Waals surface area contributed by atoms with Gasteiger partial charge in [-0.1, -0.05) is 36.4 Å². The normalized spacial score (nSPS) is 14.0. The molecule has 3 N–H and O–H groups in total. The Morgan fingerprint density at radius 2 is 2.07 bits per heavy atom. The fourth-order valence-electron chi connectivity index (χ4n) is 4.06. The van der Waals surface area contributed by atoms with Crippen LogP contribution in [-0.4, -0.2) is 29.4 Å². The number of benzene rings is 1. The first kappa shape index (κ1) is 19.2. The van der Waals surface area contributed by atoms with E-state index in [1.165, 1.54) is 27.3 Å². The van der Waals surface area contributed by atoms with Crippen molar-refractivity contribution in [1.29, 1.82) is 0 Å². The number of likely N-dealkylation sites (N-methyl/N-ethyl adjacent to an activating group) is 1. The molecular formula is C23H22N4OS2. The topological polar surface area (TPSA) is 71.2 Å². The van der Waals surface area contributed by atoms with Crippen LogP contribution >= 0.6 is 22.7 Å². The molecule has 0 fully saturated rings. The van der Waals surface area contributed by atoms with E-state index in [4.69, 9.17) is 10.7 Å². The molecule has 0 saturated heterocycles. The van der Waals surface area contributed by atoms with Gasteiger partial charge in [0.2, 0.25) is 0 Å². The Hall–Kier alpha value is -2.74. The fraction of sp³-hybridized carbons (Fsp3) is 0.217. The van der Waals surface area contributed by atoms with Crippen molar-refractivity contribution in [3.63, 3.8) is 0 Å². The van der Waals surface area contributed by atoms with Crippen LogP contribution in [0.1, 0.15) is 26.5 Å². The van der Waals surface area contributed by atoms with Crippen LogP contribution in [0.4, 0.5) is 5.69 Å². The first-order valence-electron chi connectivity index (χ1n) is 9.90. The number of fused-ring (bicyclic) bond motifs is 2. The van der Waals surface area contributed by atoms with E-state index in [1.54, 1.807) is 11.3 Å². The molecule has 5 rings (SSSR count). The van der Waals surface area contributed by atoms with E-state index in [-0.39, 0.29) is 0 Å². The average molecular weight is 435 g/mol. The number of nitrogens with zero attached hydrogens (tertiary/aromatic N) is 2. The number of amides is 1. The van der Waals surface area contributed by atoms with Crippen LogP contribution in [0.15, 0.2) is 47.8 Å². The summed E-state index contributed by atoms with van der Waals surface area (Å²) < 4.78 is 0. The maximum Gasteiger partial charge on any atom is 0.261 e. The second-order valence-electron chi connectivity index (χ2n) is 7.57. The monoisotopic (exact) mass is 434 g/mol. The van der Waals surface area contributed by atoms with Gasteiger partial charge in [-0.15, -0.1) is 22.7 Å². The Bertz CT molecular complexity index is 1220. The standard InChI is InChI=1S/C23H22N4OS2/c1-27-10-9-16-15(13-27)18(17-8-5-11-29-17)19-20(21(22(24)28)30-23(19)26-16)25-12-14-6-3-2-4-7-14/h2-8,11,25H,9-10,12-13H2,1H3,(H2,24,28). The zero-order valence-corrected chi connectivity index (χ0v) is 18.3. The lowest BCUT2D eigenvalue weighted by atomic mass is 9.96. The van der Waals surface area contributed by atoms with Crippen LogP contribution in [0.5, 0.6) is 0 Å². The Morgan fingerprint density at radius 3 is 2.80 bits per heavy atom. The van der Waals surface area contributed by atoms with Crippen LogP contribution in [0, 0.1) is 0 Å². The van der Waals surface area contributed by atoms with Crippen molar-refractivity contribution in [2.24, 2.45) is 5.73 Å². The van der Waals surface area contributed by atoms with Gasteiger partial charge in [0.1, 0.15) is 9.71 Å². The first-order valence-corrected chi connectivity index (χ1v) is 11.6. The number of aromatic nitrogens is 1. The van der Waals surface area contributed by atoms with Crippen molar-refractivity contribution in [3.8, 4) is 10.4 Å². The number of carbonyl (C=O) groups excluding carboxylic acids is 1. The molecule has 4 aromatic rings. The van der Waals surface area contributed by atoms with E-state index in [2.05, 4.69) is 46.9 Å². The Balaban J connectivity index is 1.74. The maximum atomic E-state index is 12.3. The third-order valence-electron chi connectivity index (χ3n) is 5.49. The van der Waals surface area contributed by atoms with Gasteiger partial charge in [0.05, 0.1) is 5.69 Å². The van der Waals surface area contributed by atoms with E-state index in [1.807, 2.05) is 18.2 Å². The highest BCUT2D eigenvalue weighted by molar-refractivity contribution is 7.21. The molecule has 5 nitrogen and oxygen atoms in total. The molecule has 30 heavy (non-hydrogen) atoms. The predicted octanol–water partition coefficient (Wildman–Crippen LogP) is 4.72. The molecule has 0 atom stereocenters. The number of hydrogen-bond donors (Lipinski definition) is 2. The van der Waals surface area contributed by atoms with Crippen LogP contribution < -0.4 is 11.1 Å². The second kappa shape index (κ2) is 7.83. The predicted molar refractivity (Wildman–Crippen MR) is 125 cm³/mol. The van der Waals surface area contributed by atoms with E-state index in [0.29, 0.717) is 11.4 Å². The van der Waals surface area contributed by atoms with E-state index < -0.39 is 5.91 Å². The summed E-state index contributed by atoms with van der Waals surface area (Å²) in [6.45, 7) is 2.46. The fourth-order valence-corrected chi connectivity index (χ4v) is 5.90. The SMILES string of the molecule is CN1CCc2nc3sc(C(N)=O)c(NCc4ccccc4)c3c(-c3cccs3)c2C1. The van der Waals surface area contributed by atoms with E-state index in [9.17, 15) is 4.79 Å². The van der Waals surface area contributed by atoms with Gasteiger partial charge < -0.3 is 16.0 Å². The molecule has 7 heteroatoms. The van der Waals surface area contributed by atoms with Crippen LogP contribution in [-0.2, 0) is 19.5 Å². The Kier molecular flexibility index (Phi) is 5.02. The minimum absolute atomic E-state index is 0.416. The molecule has 0 spiro atoms. The molecule has 1 amide bonds. The molecule has 4 heterocycles. The molecule has 152 valence electrons. The van der Waals surface area contributed by atoms with Crippen molar-refractivity contribution >= 4 is 44.5 Å². The largest absolute Gasteiger partial charge is 0.379 e. The zero-order valence-electron chi connectivity index (χ0n) is 16.6. The van der Waals surface area contributed by atoms with Crippen LogP contribution in [0.3, 0.4) is 0 Å². The number of pyridine rings is 1. The number of hydrogen-bond acceptors (Lipinski definition) is 6. The summed E-state index contributed by atoms with van der Waals surface area (Å²) in [7, 11) is 2.14. The molecule has 1 aliphatic heterocycles. The maximum absolute atomic E-state index is 12.3. The highest BCUT2D eigenvalue weighted by Crippen LogP contribution is 2.45. The molecule has 0 unspecified atom stereocenters. The Labute approximate surface area is 183 Å². The first-order chi connectivity index (χ1) is 14.6. The molecule has 0 radical (unpaired) electrons. The zero-order chi connectivity index (χ0) is 20.7. The lowest BCUT2D eigenvalue weighted by molar-refractivity contribution is 0.100. The molecule has 1 aromatic carbocycles. The molecule has 0 aliphatic carbocycles. The summed E-state index contributed by atoms with van der Waals surface area (Å²) in [4.78, 5) is 22.3. The number of thiophene rings is 2. The van der Waals surface area contributed by atoms with Crippen molar-refractivity contribution in [1.82, 2.24) is 9.88 Å². The van der Waals surface area contributed by atoms with Gasteiger partial charge in [-0.05, 0) is 29.6 Å². The third-order valence-corrected chi connectivity index (χ3v) is 7.47. The highest BCUT2D eigenvalue weighted by atomic mass is 32.1. The molecule has 1 aliphatic rings. The summed E-state index contributed by atoms with van der Waals surface area (Å²) in [5, 5.41) is 6.63. The van der Waals surface area contributed by atoms with Crippen molar-refractivity contribution in [2.45, 2.75) is 19.5 Å². The van der Waals surface area contributed by atoms with Gasteiger partial charge in [0.25, 0.3) is 5.91 Å². The average Bonchev–Trinajstić information content (AvgIpc) is 3.39. The van der Waals surface area contributed by atoms with Gasteiger partial charge in [0, 0.05) is 47.6 Å². The summed E-state index contributed by atoms with van der Waals surface area (Å²) in [6, 6.07) is 14.4. The lowest BCUT2D eigenvalue weighted by Gasteiger charge is -2.26. The van der Waals surface area contributed by atoms with Crippen molar-refractivity contribution in [2.75, 3.05) is 18.9 Å². The number of nitrogens with two attached hydrogens (primary N) is 1. The number of nitrogens with one attached hydrogen (secondary N) is 1. The Morgan fingerprint density at radius 1 is 1.23 bits per heavy atom. The molecular weight excluding hydrogens is 412 g/mol. The number of anilines is 1. The second-order valence-corrected chi connectivity index (χ2v) is 9.51. The summed E-state index contributed by atoms with van der Waals surface area (Å²) in [5.74, 6) is -0.416. The van der Waals surface area contributed by atoms with Crippen molar-refractivity contribution in [3.05, 3.63) is 69.5 Å². The van der Waals surface area contributed by atoms with Gasteiger partial charge in [-0.3, -0.25) is 4.79 Å². The number of carbonyl (C=O) groups is 1. The minimum atomic E-state index is -0.416. The molecule has 3 aromatic heterocycles. The third kappa shape index (κ3) is 3.39. The molecule has 0 bridgehead atoms. The number of rotatable bonds is 5. The summed E-state index contributed by atoms with van der Waals surface area (Å²) >= 11 is 3.12. The van der Waals surface area contributed by atoms with Gasteiger partial charge in [0.15, 0.2) is 0 Å². The number of primary amides is 1. The van der Waals surface area contributed by atoms with E-state index >= 15 is 0 Å². The van der Waals surface area contributed by atoms with Gasteiger partial charge in [-0.25, -0.2) is 4.98 Å². The van der Waals surface area contributed by atoms with Gasteiger partial charge >= 0.3 is 0 Å². The van der Waals surface area contributed by atoms with Crippen LogP contribution in [0.25, 0.3) is 20.7 Å². The minimum Gasteiger partial charge on any atom is -0.379 e. The van der Waals surface area contributed by atoms with Crippen molar-refractivity contribution < 1.29 is 4.79 Å². The van der Waals surface area contributed by atoms with Crippen LogP contribution in [0.2, 0.25) is 0 Å². The highest BCUT2D eigenvalue weighted by Gasteiger charge is 2.27.